The Hall–Kier alpha value is -4.80. The first kappa shape index (κ1) is 25.5. The fourth-order valence-electron chi connectivity index (χ4n) is 4.06. The highest BCUT2D eigenvalue weighted by Crippen LogP contribution is 2.36. The Kier molecular flexibility index (Phi) is 6.63. The number of hydrogen-bond donors (Lipinski definition) is 0. The number of rotatable bonds is 8. The molecule has 0 fully saturated rings. The molecule has 10 nitrogen and oxygen atoms in total. The molecule has 2 aromatic carbocycles. The van der Waals surface area contributed by atoms with Gasteiger partial charge in [-0.15, -0.1) is 16.4 Å². The lowest BCUT2D eigenvalue weighted by atomic mass is 10.1. The summed E-state index contributed by atoms with van der Waals surface area (Å²) in [6.07, 6.45) is 1.64. The minimum Gasteiger partial charge on any atom is -0.486 e. The third-order valence-corrected chi connectivity index (χ3v) is 7.84. The number of ether oxygens (including phenoxy) is 2. The Balaban J connectivity index is 1.20. The van der Waals surface area contributed by atoms with E-state index in [9.17, 15) is 9.18 Å². The van der Waals surface area contributed by atoms with Crippen molar-refractivity contribution >= 4 is 44.5 Å². The zero-order valence-corrected chi connectivity index (χ0v) is 22.8. The van der Waals surface area contributed by atoms with E-state index in [1.54, 1.807) is 36.0 Å². The molecular formula is C27H19FN6O4S2. The number of halogens is 1. The molecule has 40 heavy (non-hydrogen) atoms. The van der Waals surface area contributed by atoms with E-state index in [4.69, 9.17) is 19.2 Å². The highest BCUT2D eigenvalue weighted by atomic mass is 32.1. The number of nitrogens with zero attached hydrogens (tertiary/aromatic N) is 6. The Morgan fingerprint density at radius 3 is 2.85 bits per heavy atom. The number of carbonyl (C=O) groups excluding carboxylic acids is 1. The van der Waals surface area contributed by atoms with Crippen LogP contribution in [-0.4, -0.2) is 51.1 Å². The molecule has 0 bridgehead atoms. The van der Waals surface area contributed by atoms with Gasteiger partial charge in [0.25, 0.3) is 11.1 Å². The number of aromatic nitrogens is 4. The summed E-state index contributed by atoms with van der Waals surface area (Å²) in [6, 6.07) is 13.4. The van der Waals surface area contributed by atoms with Crippen molar-refractivity contribution in [1.82, 2.24) is 24.5 Å². The molecule has 13 heteroatoms. The Labute approximate surface area is 234 Å². The maximum atomic E-state index is 14.4. The van der Waals surface area contributed by atoms with Gasteiger partial charge in [0.2, 0.25) is 4.96 Å². The molecule has 0 unspecified atom stereocenters. The molecule has 0 atom stereocenters. The normalized spacial score (nSPS) is 11.2. The number of amides is 1. The molecule has 1 amide bonds. The van der Waals surface area contributed by atoms with Crippen LogP contribution in [0.3, 0.4) is 0 Å². The predicted octanol–water partition coefficient (Wildman–Crippen LogP) is 5.65. The molecule has 4 aromatic heterocycles. The summed E-state index contributed by atoms with van der Waals surface area (Å²) in [5.41, 5.74) is 2.93. The molecular weight excluding hydrogens is 555 g/mol. The van der Waals surface area contributed by atoms with Crippen LogP contribution in [0, 0.1) is 17.1 Å². The first-order valence-electron chi connectivity index (χ1n) is 11.9. The van der Waals surface area contributed by atoms with Crippen LogP contribution in [0.25, 0.3) is 38.0 Å². The van der Waals surface area contributed by atoms with E-state index in [2.05, 4.69) is 15.1 Å². The van der Waals surface area contributed by atoms with Crippen LogP contribution in [-0.2, 0) is 6.61 Å². The van der Waals surface area contributed by atoms with Crippen LogP contribution in [0.15, 0.2) is 58.5 Å². The fraction of sp³-hybridized carbons (Fsp3) is 0.148. The average Bonchev–Trinajstić information content (AvgIpc) is 3.75. The summed E-state index contributed by atoms with van der Waals surface area (Å²) in [6.45, 7) is 0.133. The summed E-state index contributed by atoms with van der Waals surface area (Å²) < 4.78 is 33.2. The second-order valence-corrected chi connectivity index (χ2v) is 10.4. The maximum absolute atomic E-state index is 14.4. The second-order valence-electron chi connectivity index (χ2n) is 8.67. The highest BCUT2D eigenvalue weighted by molar-refractivity contribution is 7.18. The van der Waals surface area contributed by atoms with Gasteiger partial charge in [-0.05, 0) is 29.5 Å². The molecule has 0 aliphatic rings. The summed E-state index contributed by atoms with van der Waals surface area (Å²) in [5, 5.41) is 16.8. The van der Waals surface area contributed by atoms with E-state index in [1.165, 1.54) is 46.8 Å². The van der Waals surface area contributed by atoms with Crippen LogP contribution < -0.4 is 9.47 Å². The topological polar surface area (TPSA) is 119 Å². The molecule has 0 aliphatic heterocycles. The van der Waals surface area contributed by atoms with Crippen LogP contribution in [0.2, 0.25) is 0 Å². The second kappa shape index (κ2) is 10.4. The molecule has 0 N–H and O–H groups in total. The molecule has 0 saturated carbocycles. The minimum absolute atomic E-state index is 0.0166. The standard InChI is InChI=1S/C27H19FN6O4S2/c1-33(8-7-29)25(35)16-5-3-15(4-6-16)24-31-18(14-39-24)13-37-21-9-17(28)10-22-19(21)11-23(38-22)20-12-30-26-34(20)32-27(36-2)40-26/h3-6,9-12,14H,8,13H2,1-2H3. The lowest BCUT2D eigenvalue weighted by molar-refractivity contribution is 0.0812. The number of hydrogen-bond acceptors (Lipinski definition) is 10. The molecule has 4 heterocycles. The van der Waals surface area contributed by atoms with Gasteiger partial charge in [-0.3, -0.25) is 4.79 Å². The van der Waals surface area contributed by atoms with E-state index >= 15 is 0 Å². The minimum atomic E-state index is -0.494. The van der Waals surface area contributed by atoms with Gasteiger partial charge in [0.05, 0.1) is 30.5 Å². The number of imidazole rings is 1. The number of thiazole rings is 1. The van der Waals surface area contributed by atoms with Crippen molar-refractivity contribution in [3.63, 3.8) is 0 Å². The van der Waals surface area contributed by atoms with Gasteiger partial charge < -0.3 is 18.8 Å². The van der Waals surface area contributed by atoms with Gasteiger partial charge >= 0.3 is 0 Å². The van der Waals surface area contributed by atoms with E-state index in [1.807, 2.05) is 23.6 Å². The highest BCUT2D eigenvalue weighted by Gasteiger charge is 2.19. The quantitative estimate of drug-likeness (QED) is 0.214. The number of fused-ring (bicyclic) bond motifs is 2. The summed E-state index contributed by atoms with van der Waals surface area (Å²) in [4.78, 5) is 23.3. The molecule has 6 aromatic rings. The third kappa shape index (κ3) is 4.74. The number of carbonyl (C=O) groups is 1. The van der Waals surface area contributed by atoms with Gasteiger partial charge in [-0.1, -0.05) is 12.1 Å². The van der Waals surface area contributed by atoms with Gasteiger partial charge in [-0.2, -0.15) is 9.78 Å². The predicted molar refractivity (Wildman–Crippen MR) is 147 cm³/mol. The van der Waals surface area contributed by atoms with Crippen molar-refractivity contribution < 1.29 is 23.1 Å². The van der Waals surface area contributed by atoms with Crippen molar-refractivity contribution in [2.24, 2.45) is 0 Å². The Morgan fingerprint density at radius 2 is 2.08 bits per heavy atom. The van der Waals surface area contributed by atoms with Crippen LogP contribution >= 0.6 is 22.7 Å². The van der Waals surface area contributed by atoms with Crippen LogP contribution in [0.1, 0.15) is 16.1 Å². The smallest absolute Gasteiger partial charge is 0.294 e. The molecule has 0 saturated heterocycles. The summed E-state index contributed by atoms with van der Waals surface area (Å²) >= 11 is 2.73. The van der Waals surface area contributed by atoms with Crippen molar-refractivity contribution in [3.8, 4) is 39.0 Å². The van der Waals surface area contributed by atoms with Crippen molar-refractivity contribution in [2.75, 3.05) is 20.7 Å². The number of nitriles is 1. The number of furan rings is 1. The van der Waals surface area contributed by atoms with Gasteiger partial charge in [0.15, 0.2) is 5.76 Å². The van der Waals surface area contributed by atoms with E-state index in [-0.39, 0.29) is 19.1 Å². The van der Waals surface area contributed by atoms with Gasteiger partial charge in [0, 0.05) is 35.7 Å². The van der Waals surface area contributed by atoms with Crippen LogP contribution in [0.4, 0.5) is 4.39 Å². The van der Waals surface area contributed by atoms with Gasteiger partial charge in [0.1, 0.15) is 41.0 Å². The van der Waals surface area contributed by atoms with E-state index in [0.29, 0.717) is 49.6 Å². The van der Waals surface area contributed by atoms with Crippen LogP contribution in [0.5, 0.6) is 10.9 Å². The largest absolute Gasteiger partial charge is 0.486 e. The van der Waals surface area contributed by atoms with Crippen molar-refractivity contribution in [2.45, 2.75) is 6.61 Å². The first-order valence-corrected chi connectivity index (χ1v) is 13.5. The SMILES string of the molecule is COc1nn2c(-c3cc4c(OCc5csc(-c6ccc(C(=O)N(C)CC#N)cc6)n5)cc(F)cc4o3)cnc2s1. The lowest BCUT2D eigenvalue weighted by Crippen LogP contribution is -2.26. The van der Waals surface area contributed by atoms with Crippen molar-refractivity contribution in [3.05, 3.63) is 71.1 Å². The molecule has 6 rings (SSSR count). The first-order chi connectivity index (χ1) is 19.4. The molecule has 0 radical (unpaired) electrons. The van der Waals surface area contributed by atoms with Crippen molar-refractivity contribution in [1.29, 1.82) is 5.26 Å². The zero-order valence-electron chi connectivity index (χ0n) is 21.1. The zero-order chi connectivity index (χ0) is 27.8. The van der Waals surface area contributed by atoms with E-state index < -0.39 is 5.82 Å². The van der Waals surface area contributed by atoms with Gasteiger partial charge in [-0.25, -0.2) is 14.4 Å². The Bertz CT molecular complexity index is 1900. The monoisotopic (exact) mass is 574 g/mol. The Morgan fingerprint density at radius 1 is 1.25 bits per heavy atom. The number of benzene rings is 2. The molecule has 200 valence electrons. The fourth-order valence-corrected chi connectivity index (χ4v) is 5.56. The lowest BCUT2D eigenvalue weighted by Gasteiger charge is -2.12. The molecule has 0 aliphatic carbocycles. The van der Waals surface area contributed by atoms with E-state index in [0.717, 1.165) is 10.6 Å². The maximum Gasteiger partial charge on any atom is 0.294 e. The summed E-state index contributed by atoms with van der Waals surface area (Å²) in [5.74, 6) is 0.0587. The molecule has 0 spiro atoms. The number of methoxy groups -OCH3 is 1. The average molecular weight is 575 g/mol. The third-order valence-electron chi connectivity index (χ3n) is 6.02. The summed E-state index contributed by atoms with van der Waals surface area (Å²) in [7, 11) is 3.12.